The number of hydrogen-bond donors (Lipinski definition) is 1. The Balaban J connectivity index is 1.65. The van der Waals surface area contributed by atoms with Gasteiger partial charge < -0.3 is 5.32 Å². The quantitative estimate of drug-likeness (QED) is 0.619. The molecule has 3 rings (SSSR count). The molecule has 30 heavy (non-hydrogen) atoms. The van der Waals surface area contributed by atoms with Gasteiger partial charge in [0.15, 0.2) is 0 Å². The van der Waals surface area contributed by atoms with Gasteiger partial charge >= 0.3 is 0 Å². The van der Waals surface area contributed by atoms with Gasteiger partial charge in [-0.05, 0) is 49.2 Å². The van der Waals surface area contributed by atoms with Gasteiger partial charge in [0.05, 0.1) is 23.0 Å². The molecular weight excluding hydrogens is 396 g/mol. The first-order chi connectivity index (χ1) is 14.3. The molecule has 3 aromatic rings. The van der Waals surface area contributed by atoms with E-state index in [0.29, 0.717) is 5.69 Å². The van der Waals surface area contributed by atoms with E-state index in [0.717, 1.165) is 16.7 Å². The number of carbonyl (C=O) groups is 1. The van der Waals surface area contributed by atoms with Crippen molar-refractivity contribution < 1.29 is 13.2 Å². The minimum atomic E-state index is -3.64. The summed E-state index contributed by atoms with van der Waals surface area (Å²) in [4.78, 5) is 12.6. The molecule has 0 unspecified atom stereocenters. The van der Waals surface area contributed by atoms with Crippen molar-refractivity contribution in [1.29, 1.82) is 0 Å². The van der Waals surface area contributed by atoms with Crippen LogP contribution in [0, 0.1) is 6.92 Å². The summed E-state index contributed by atoms with van der Waals surface area (Å²) in [5.41, 5.74) is 3.40. The van der Waals surface area contributed by atoms with Crippen molar-refractivity contribution >= 4 is 21.6 Å². The highest BCUT2D eigenvalue weighted by molar-refractivity contribution is 7.92. The molecule has 0 fully saturated rings. The third kappa shape index (κ3) is 5.07. The molecule has 0 heterocycles. The predicted molar refractivity (Wildman–Crippen MR) is 120 cm³/mol. The summed E-state index contributed by atoms with van der Waals surface area (Å²) in [5, 5.41) is 2.99. The summed E-state index contributed by atoms with van der Waals surface area (Å²) in [7, 11) is -2.11. The number of hydrogen-bond acceptors (Lipinski definition) is 3. The van der Waals surface area contributed by atoms with Crippen LogP contribution >= 0.6 is 0 Å². The van der Waals surface area contributed by atoms with E-state index >= 15 is 0 Å². The second kappa shape index (κ2) is 9.13. The maximum atomic E-state index is 12.8. The number of anilines is 1. The molecule has 0 bridgehead atoms. The molecule has 0 aliphatic rings. The van der Waals surface area contributed by atoms with Crippen LogP contribution in [0.5, 0.6) is 0 Å². The highest BCUT2D eigenvalue weighted by atomic mass is 32.2. The molecular formula is C24H26N2O3S. The van der Waals surface area contributed by atoms with E-state index in [1.54, 1.807) is 48.5 Å². The molecule has 0 aliphatic carbocycles. The second-order valence-corrected chi connectivity index (χ2v) is 9.30. The Morgan fingerprint density at radius 1 is 0.933 bits per heavy atom. The van der Waals surface area contributed by atoms with Crippen LogP contribution in [0.4, 0.5) is 5.69 Å². The van der Waals surface area contributed by atoms with Gasteiger partial charge in [-0.1, -0.05) is 60.2 Å². The SMILES string of the molecule is Cc1ccc(S(=O)(=O)N(C)c2ccc(CC(=O)N[C@@H](C)c3ccccc3)cc2)cc1. The number of sulfonamides is 1. The Morgan fingerprint density at radius 2 is 1.53 bits per heavy atom. The molecule has 1 N–H and O–H groups in total. The number of nitrogens with one attached hydrogen (secondary N) is 1. The van der Waals surface area contributed by atoms with E-state index in [-0.39, 0.29) is 23.3 Å². The summed E-state index contributed by atoms with van der Waals surface area (Å²) < 4.78 is 26.9. The molecule has 0 aromatic heterocycles. The largest absolute Gasteiger partial charge is 0.349 e. The zero-order valence-electron chi connectivity index (χ0n) is 17.4. The van der Waals surface area contributed by atoms with Gasteiger partial charge in [-0.25, -0.2) is 8.42 Å². The maximum Gasteiger partial charge on any atom is 0.264 e. The van der Waals surface area contributed by atoms with Gasteiger partial charge in [-0.2, -0.15) is 0 Å². The van der Waals surface area contributed by atoms with Crippen LogP contribution in [0.15, 0.2) is 83.8 Å². The minimum absolute atomic E-state index is 0.0799. The van der Waals surface area contributed by atoms with Gasteiger partial charge in [-0.15, -0.1) is 0 Å². The van der Waals surface area contributed by atoms with E-state index in [2.05, 4.69) is 5.32 Å². The zero-order valence-corrected chi connectivity index (χ0v) is 18.2. The van der Waals surface area contributed by atoms with Crippen molar-refractivity contribution in [3.63, 3.8) is 0 Å². The lowest BCUT2D eigenvalue weighted by Gasteiger charge is -2.20. The van der Waals surface area contributed by atoms with Gasteiger partial charge in [0.25, 0.3) is 10.0 Å². The summed E-state index contributed by atoms with van der Waals surface area (Å²) in [6.07, 6.45) is 0.228. The first-order valence-corrected chi connectivity index (χ1v) is 11.2. The first-order valence-electron chi connectivity index (χ1n) is 9.76. The van der Waals surface area contributed by atoms with E-state index in [1.807, 2.05) is 44.2 Å². The van der Waals surface area contributed by atoms with Gasteiger partial charge in [0.2, 0.25) is 5.91 Å². The van der Waals surface area contributed by atoms with Crippen LogP contribution in [-0.4, -0.2) is 21.4 Å². The standard InChI is InChI=1S/C24H26N2O3S/c1-18-9-15-23(16-10-18)30(28,29)26(3)22-13-11-20(12-14-22)17-24(27)25-19(2)21-7-5-4-6-8-21/h4-16,19H,17H2,1-3H3,(H,25,27)/t19-/m0/s1. The fraction of sp³-hybridized carbons (Fsp3) is 0.208. The molecule has 0 saturated carbocycles. The highest BCUT2D eigenvalue weighted by Gasteiger charge is 2.21. The van der Waals surface area contributed by atoms with Crippen LogP contribution in [-0.2, 0) is 21.2 Å². The molecule has 0 radical (unpaired) electrons. The Morgan fingerprint density at radius 3 is 2.13 bits per heavy atom. The molecule has 3 aromatic carbocycles. The molecule has 5 nitrogen and oxygen atoms in total. The Bertz CT molecular complexity index is 1090. The fourth-order valence-corrected chi connectivity index (χ4v) is 4.33. The summed E-state index contributed by atoms with van der Waals surface area (Å²) >= 11 is 0. The van der Waals surface area contributed by atoms with E-state index in [1.165, 1.54) is 11.4 Å². The predicted octanol–water partition coefficient (Wildman–Crippen LogP) is 4.24. The van der Waals surface area contributed by atoms with Crippen molar-refractivity contribution in [2.45, 2.75) is 31.2 Å². The third-order valence-electron chi connectivity index (χ3n) is 5.02. The van der Waals surface area contributed by atoms with Crippen LogP contribution in [0.2, 0.25) is 0 Å². The van der Waals surface area contributed by atoms with Crippen LogP contribution in [0.25, 0.3) is 0 Å². The minimum Gasteiger partial charge on any atom is -0.349 e. The van der Waals surface area contributed by atoms with E-state index < -0.39 is 10.0 Å². The molecule has 1 amide bonds. The lowest BCUT2D eigenvalue weighted by molar-refractivity contribution is -0.121. The van der Waals surface area contributed by atoms with Crippen molar-refractivity contribution in [3.8, 4) is 0 Å². The van der Waals surface area contributed by atoms with E-state index in [9.17, 15) is 13.2 Å². The Hall–Kier alpha value is -3.12. The maximum absolute atomic E-state index is 12.8. The molecule has 156 valence electrons. The van der Waals surface area contributed by atoms with Crippen LogP contribution in [0.1, 0.15) is 29.7 Å². The molecule has 0 saturated heterocycles. The van der Waals surface area contributed by atoms with Gasteiger partial charge in [0.1, 0.15) is 0 Å². The van der Waals surface area contributed by atoms with Crippen molar-refractivity contribution in [3.05, 3.63) is 95.6 Å². The highest BCUT2D eigenvalue weighted by Crippen LogP contribution is 2.23. The summed E-state index contributed by atoms with van der Waals surface area (Å²) in [6.45, 7) is 3.86. The average molecular weight is 423 g/mol. The summed E-state index contributed by atoms with van der Waals surface area (Å²) in [5.74, 6) is -0.0836. The van der Waals surface area contributed by atoms with Crippen molar-refractivity contribution in [2.24, 2.45) is 0 Å². The first kappa shape index (κ1) is 21.6. The average Bonchev–Trinajstić information content (AvgIpc) is 2.74. The summed E-state index contributed by atoms with van der Waals surface area (Å²) in [6, 6.07) is 23.5. The number of nitrogens with zero attached hydrogens (tertiary/aromatic N) is 1. The van der Waals surface area contributed by atoms with Crippen LogP contribution < -0.4 is 9.62 Å². The molecule has 1 atom stereocenters. The number of aryl methyl sites for hydroxylation is 1. The normalized spacial score (nSPS) is 12.2. The van der Waals surface area contributed by atoms with Crippen molar-refractivity contribution in [1.82, 2.24) is 5.32 Å². The number of benzene rings is 3. The van der Waals surface area contributed by atoms with Gasteiger partial charge in [-0.3, -0.25) is 9.10 Å². The topological polar surface area (TPSA) is 66.5 Å². The third-order valence-corrected chi connectivity index (χ3v) is 6.82. The Kier molecular flexibility index (Phi) is 6.57. The number of carbonyl (C=O) groups excluding carboxylic acids is 1. The zero-order chi connectivity index (χ0) is 21.7. The second-order valence-electron chi connectivity index (χ2n) is 7.33. The Labute approximate surface area is 178 Å². The molecule has 6 heteroatoms. The van der Waals surface area contributed by atoms with E-state index in [4.69, 9.17) is 0 Å². The van der Waals surface area contributed by atoms with Crippen LogP contribution in [0.3, 0.4) is 0 Å². The lowest BCUT2D eigenvalue weighted by Crippen LogP contribution is -2.28. The van der Waals surface area contributed by atoms with Gasteiger partial charge in [0, 0.05) is 7.05 Å². The van der Waals surface area contributed by atoms with Crippen molar-refractivity contribution in [2.75, 3.05) is 11.4 Å². The lowest BCUT2D eigenvalue weighted by atomic mass is 10.1. The molecule has 0 aliphatic heterocycles. The fourth-order valence-electron chi connectivity index (χ4n) is 3.13. The number of amides is 1. The monoisotopic (exact) mass is 422 g/mol. The molecule has 0 spiro atoms. The number of rotatable bonds is 7. The smallest absolute Gasteiger partial charge is 0.264 e.